The molecular weight excluding hydrogens is 206 g/mol. The third kappa shape index (κ3) is 1.89. The molecule has 0 atom stereocenters. The number of nitrogens with two attached hydrogens (primary N) is 1. The molecule has 0 saturated heterocycles. The van der Waals surface area contributed by atoms with E-state index in [2.05, 4.69) is 9.72 Å². The van der Waals surface area contributed by atoms with Crippen LogP contribution in [0.1, 0.15) is 5.56 Å². The van der Waals surface area contributed by atoms with E-state index in [9.17, 15) is 8.78 Å². The third-order valence-corrected chi connectivity index (χ3v) is 1.89. The molecule has 0 fully saturated rings. The van der Waals surface area contributed by atoms with E-state index >= 15 is 0 Å². The van der Waals surface area contributed by atoms with Crippen LogP contribution in [0.25, 0.3) is 11.1 Å². The van der Waals surface area contributed by atoms with Gasteiger partial charge in [-0.25, -0.2) is 0 Å². The number of aromatic nitrogens is 1. The van der Waals surface area contributed by atoms with Crippen LogP contribution in [-0.2, 0) is 6.54 Å². The van der Waals surface area contributed by atoms with Gasteiger partial charge in [-0.05, 0) is 11.6 Å². The summed E-state index contributed by atoms with van der Waals surface area (Å²) in [6, 6.07) is 5.07. The van der Waals surface area contributed by atoms with Crippen LogP contribution < -0.4 is 10.5 Å². The topological polar surface area (TPSA) is 61.3 Å². The minimum Gasteiger partial charge on any atom is -0.409 e. The van der Waals surface area contributed by atoms with E-state index in [4.69, 9.17) is 10.2 Å². The average Bonchev–Trinajstić information content (AvgIpc) is 2.58. The minimum absolute atomic E-state index is 0.262. The molecule has 1 heterocycles. The zero-order valence-corrected chi connectivity index (χ0v) is 7.61. The molecule has 0 aliphatic carbocycles. The Labute approximate surface area is 83.6 Å². The van der Waals surface area contributed by atoms with Gasteiger partial charge in [0, 0.05) is 6.54 Å². The number of halogens is 2. The quantitative estimate of drug-likeness (QED) is 0.847. The molecule has 0 amide bonds. The number of alkyl halides is 2. The maximum absolute atomic E-state index is 11.9. The number of oxazole rings is 1. The van der Waals surface area contributed by atoms with E-state index in [0.717, 1.165) is 5.56 Å². The zero-order valence-electron chi connectivity index (χ0n) is 7.61. The Balaban J connectivity index is 2.45. The van der Waals surface area contributed by atoms with Gasteiger partial charge in [-0.2, -0.15) is 13.8 Å². The molecule has 2 N–H and O–H groups in total. The third-order valence-electron chi connectivity index (χ3n) is 1.89. The Kier molecular flexibility index (Phi) is 2.51. The standard InChI is InChI=1S/C9H8F2N2O2/c10-8(11)15-9-13-7-5(4-12)2-1-3-6(7)14-9/h1-3,8H,4,12H2. The monoisotopic (exact) mass is 214 g/mol. The fourth-order valence-electron chi connectivity index (χ4n) is 1.28. The normalized spacial score (nSPS) is 11.2. The molecule has 6 heteroatoms. The number of nitrogens with zero attached hydrogens (tertiary/aromatic N) is 1. The van der Waals surface area contributed by atoms with Crippen LogP contribution in [0.2, 0.25) is 0 Å². The van der Waals surface area contributed by atoms with Gasteiger partial charge in [0.2, 0.25) is 0 Å². The van der Waals surface area contributed by atoms with Gasteiger partial charge >= 0.3 is 12.7 Å². The number of ether oxygens (including phenoxy) is 1. The first-order chi connectivity index (χ1) is 7.20. The highest BCUT2D eigenvalue weighted by Crippen LogP contribution is 2.24. The fraction of sp³-hybridized carbons (Fsp3) is 0.222. The first-order valence-corrected chi connectivity index (χ1v) is 4.24. The van der Waals surface area contributed by atoms with E-state index in [1.54, 1.807) is 18.2 Å². The van der Waals surface area contributed by atoms with Crippen molar-refractivity contribution in [1.29, 1.82) is 0 Å². The van der Waals surface area contributed by atoms with E-state index in [1.807, 2.05) is 0 Å². The molecule has 0 spiro atoms. The summed E-state index contributed by atoms with van der Waals surface area (Å²) >= 11 is 0. The van der Waals surface area contributed by atoms with Crippen molar-refractivity contribution >= 4 is 11.1 Å². The van der Waals surface area contributed by atoms with Gasteiger partial charge < -0.3 is 14.9 Å². The second-order valence-corrected chi connectivity index (χ2v) is 2.83. The Morgan fingerprint density at radius 3 is 2.93 bits per heavy atom. The summed E-state index contributed by atoms with van der Waals surface area (Å²) in [5.74, 6) is 0. The maximum atomic E-state index is 11.9. The van der Waals surface area contributed by atoms with Gasteiger partial charge in [0.25, 0.3) is 0 Å². The average molecular weight is 214 g/mol. The number of hydrogen-bond donors (Lipinski definition) is 1. The first-order valence-electron chi connectivity index (χ1n) is 4.24. The molecule has 15 heavy (non-hydrogen) atoms. The maximum Gasteiger partial charge on any atom is 0.399 e. The van der Waals surface area contributed by atoms with Crippen LogP contribution in [0.4, 0.5) is 8.78 Å². The van der Waals surface area contributed by atoms with E-state index < -0.39 is 12.7 Å². The number of para-hydroxylation sites is 1. The van der Waals surface area contributed by atoms with Crippen LogP contribution >= 0.6 is 0 Å². The van der Waals surface area contributed by atoms with Crippen molar-refractivity contribution in [2.45, 2.75) is 13.2 Å². The molecule has 1 aromatic heterocycles. The van der Waals surface area contributed by atoms with Crippen LogP contribution in [0.3, 0.4) is 0 Å². The van der Waals surface area contributed by atoms with Crippen molar-refractivity contribution in [3.05, 3.63) is 23.8 Å². The second-order valence-electron chi connectivity index (χ2n) is 2.83. The number of fused-ring (bicyclic) bond motifs is 1. The molecule has 0 radical (unpaired) electrons. The van der Waals surface area contributed by atoms with Crippen molar-refractivity contribution in [2.24, 2.45) is 5.73 Å². The Morgan fingerprint density at radius 2 is 2.27 bits per heavy atom. The lowest BCUT2D eigenvalue weighted by atomic mass is 10.2. The summed E-state index contributed by atoms with van der Waals surface area (Å²) in [7, 11) is 0. The lowest BCUT2D eigenvalue weighted by Crippen LogP contribution is -2.01. The van der Waals surface area contributed by atoms with Crippen molar-refractivity contribution < 1.29 is 17.9 Å². The predicted molar refractivity (Wildman–Crippen MR) is 48.5 cm³/mol. The number of hydrogen-bond acceptors (Lipinski definition) is 4. The molecule has 0 aliphatic heterocycles. The van der Waals surface area contributed by atoms with Gasteiger partial charge in [-0.3, -0.25) is 0 Å². The smallest absolute Gasteiger partial charge is 0.399 e. The van der Waals surface area contributed by atoms with Gasteiger partial charge in [-0.1, -0.05) is 12.1 Å². The van der Waals surface area contributed by atoms with E-state index in [-0.39, 0.29) is 6.54 Å². The zero-order chi connectivity index (χ0) is 10.8. The van der Waals surface area contributed by atoms with Crippen molar-refractivity contribution in [1.82, 2.24) is 4.98 Å². The van der Waals surface area contributed by atoms with Gasteiger partial charge in [0.15, 0.2) is 5.58 Å². The molecule has 4 nitrogen and oxygen atoms in total. The van der Waals surface area contributed by atoms with Crippen LogP contribution in [-0.4, -0.2) is 11.6 Å². The predicted octanol–water partition coefficient (Wildman–Crippen LogP) is 1.89. The van der Waals surface area contributed by atoms with Gasteiger partial charge in [0.1, 0.15) is 5.52 Å². The molecule has 0 saturated carbocycles. The van der Waals surface area contributed by atoms with E-state index in [0.29, 0.717) is 11.1 Å². The summed E-state index contributed by atoms with van der Waals surface area (Å²) in [6.45, 7) is -2.68. The molecule has 2 rings (SSSR count). The summed E-state index contributed by atoms with van der Waals surface area (Å²) in [4.78, 5) is 3.77. The first kappa shape index (κ1) is 9.85. The highest BCUT2D eigenvalue weighted by atomic mass is 19.3. The minimum atomic E-state index is -2.95. The Morgan fingerprint density at radius 1 is 1.47 bits per heavy atom. The fourth-order valence-corrected chi connectivity index (χ4v) is 1.28. The van der Waals surface area contributed by atoms with Crippen LogP contribution in [0.5, 0.6) is 6.08 Å². The van der Waals surface area contributed by atoms with Crippen LogP contribution in [0, 0.1) is 0 Å². The molecule has 80 valence electrons. The summed E-state index contributed by atoms with van der Waals surface area (Å²) in [5, 5.41) is 0. The molecule has 0 unspecified atom stereocenters. The number of benzene rings is 1. The van der Waals surface area contributed by atoms with Gasteiger partial charge in [-0.15, -0.1) is 0 Å². The SMILES string of the molecule is NCc1cccc2oc(OC(F)F)nc12. The highest BCUT2D eigenvalue weighted by molar-refractivity contribution is 5.76. The Bertz CT molecular complexity index is 470. The molecule has 2 aromatic rings. The van der Waals surface area contributed by atoms with Gasteiger partial charge in [0.05, 0.1) is 0 Å². The lowest BCUT2D eigenvalue weighted by molar-refractivity contribution is -0.0664. The summed E-state index contributed by atoms with van der Waals surface area (Å²) in [6.07, 6.45) is -0.444. The van der Waals surface area contributed by atoms with Crippen molar-refractivity contribution in [3.63, 3.8) is 0 Å². The van der Waals surface area contributed by atoms with Crippen molar-refractivity contribution in [3.8, 4) is 6.08 Å². The molecular formula is C9H8F2N2O2. The molecule has 0 bridgehead atoms. The van der Waals surface area contributed by atoms with E-state index in [1.165, 1.54) is 0 Å². The van der Waals surface area contributed by atoms with Crippen molar-refractivity contribution in [2.75, 3.05) is 0 Å². The summed E-state index contributed by atoms with van der Waals surface area (Å²) in [5.41, 5.74) is 7.02. The van der Waals surface area contributed by atoms with Crippen LogP contribution in [0.15, 0.2) is 22.6 Å². The summed E-state index contributed by atoms with van der Waals surface area (Å²) < 4.78 is 32.8. The lowest BCUT2D eigenvalue weighted by Gasteiger charge is -1.95. The molecule has 0 aliphatic rings. The molecule has 1 aromatic carbocycles. The second kappa shape index (κ2) is 3.82. The Hall–Kier alpha value is -1.69. The highest BCUT2D eigenvalue weighted by Gasteiger charge is 2.13. The number of rotatable bonds is 3. The largest absolute Gasteiger partial charge is 0.409 e.